The maximum atomic E-state index is 12.7. The van der Waals surface area contributed by atoms with Crippen molar-refractivity contribution in [2.75, 3.05) is 102 Å². The Balaban J connectivity index is 0.000000301. The number of likely N-dealkylation sites (tertiary alicyclic amines) is 3. The molecule has 3 atom stereocenters. The van der Waals surface area contributed by atoms with Gasteiger partial charge in [0.1, 0.15) is 86.9 Å². The highest BCUT2D eigenvalue weighted by atomic mass is 79.9. The molecule has 3 heterocycles. The van der Waals surface area contributed by atoms with E-state index in [1.807, 2.05) is 6.92 Å². The highest BCUT2D eigenvalue weighted by Gasteiger charge is 2.31. The van der Waals surface area contributed by atoms with Gasteiger partial charge in [-0.1, -0.05) is 61.2 Å². The van der Waals surface area contributed by atoms with E-state index < -0.39 is 33.8 Å². The molecule has 7 aromatic rings. The van der Waals surface area contributed by atoms with Gasteiger partial charge in [-0.05, 0) is 235 Å². The lowest BCUT2D eigenvalue weighted by Crippen LogP contribution is -2.43. The van der Waals surface area contributed by atoms with Gasteiger partial charge in [-0.15, -0.1) is 6.58 Å². The molecule has 4 N–H and O–H groups in total. The Labute approximate surface area is 714 Å². The Morgan fingerprint density at radius 3 is 1.09 bits per heavy atom. The molecule has 10 rings (SSSR count). The number of phenols is 3. The van der Waals surface area contributed by atoms with E-state index in [1.165, 1.54) is 19.2 Å². The topological polar surface area (TPSA) is 330 Å². The first-order chi connectivity index (χ1) is 54.5. The summed E-state index contributed by atoms with van der Waals surface area (Å²) in [6, 6.07) is 35.2. The second-order valence-corrected chi connectivity index (χ2v) is 29.5. The van der Waals surface area contributed by atoms with Crippen molar-refractivity contribution >= 4 is 159 Å². The molecular formula is C79H87Br4Cl4N3O24. The fourth-order valence-electron chi connectivity index (χ4n) is 10.6. The molecule has 618 valence electrons. The number of aromatic hydroxyl groups is 3. The Morgan fingerprint density at radius 1 is 0.456 bits per heavy atom. The smallest absolute Gasteiger partial charge is 0.507 e. The van der Waals surface area contributed by atoms with Crippen LogP contribution in [-0.2, 0) is 9.47 Å². The van der Waals surface area contributed by atoms with Crippen molar-refractivity contribution in [3.8, 4) is 80.5 Å². The van der Waals surface area contributed by atoms with E-state index in [0.29, 0.717) is 152 Å². The van der Waals surface area contributed by atoms with E-state index in [1.54, 1.807) is 171 Å². The van der Waals surface area contributed by atoms with Gasteiger partial charge in [0.25, 0.3) is 0 Å². The normalized spacial score (nSPS) is 14.5. The molecule has 0 bridgehead atoms. The number of halogens is 8. The molecule has 35 heteroatoms. The molecule has 114 heavy (non-hydrogen) atoms. The van der Waals surface area contributed by atoms with Gasteiger partial charge in [0, 0.05) is 69.3 Å². The van der Waals surface area contributed by atoms with Gasteiger partial charge in [0.2, 0.25) is 0 Å². The first-order valence-electron chi connectivity index (χ1n) is 34.4. The van der Waals surface area contributed by atoms with Gasteiger partial charge >= 0.3 is 33.8 Å². The number of carbonyl (C=O) groups is 7. The van der Waals surface area contributed by atoms with Gasteiger partial charge in [-0.3, -0.25) is 9.59 Å². The average Bonchev–Trinajstić information content (AvgIpc) is 0.459. The van der Waals surface area contributed by atoms with Crippen LogP contribution in [0.1, 0.15) is 71.7 Å². The third kappa shape index (κ3) is 32.3. The van der Waals surface area contributed by atoms with Crippen molar-refractivity contribution in [1.29, 1.82) is 0 Å². The highest BCUT2D eigenvalue weighted by Crippen LogP contribution is 2.39. The summed E-state index contributed by atoms with van der Waals surface area (Å²) in [5.74, 6) is 5.48. The molecule has 3 fully saturated rings. The van der Waals surface area contributed by atoms with Crippen LogP contribution in [0.4, 0.5) is 24.0 Å². The van der Waals surface area contributed by atoms with E-state index in [9.17, 15) is 48.9 Å². The molecule has 7 aromatic carbocycles. The van der Waals surface area contributed by atoms with E-state index >= 15 is 0 Å². The Morgan fingerprint density at radius 2 is 0.763 bits per heavy atom. The third-order valence-corrected chi connectivity index (χ3v) is 19.5. The van der Waals surface area contributed by atoms with Crippen molar-refractivity contribution in [1.82, 2.24) is 14.7 Å². The lowest BCUT2D eigenvalue weighted by Gasteiger charge is -2.32. The zero-order chi connectivity index (χ0) is 84.5. The molecule has 0 aliphatic carbocycles. The minimum atomic E-state index is -2.03. The van der Waals surface area contributed by atoms with Crippen LogP contribution in [-0.4, -0.2) is 183 Å². The maximum Gasteiger partial charge on any atom is 0.511 e. The summed E-state index contributed by atoms with van der Waals surface area (Å²) in [6.07, 6.45) is 7.43. The van der Waals surface area contributed by atoms with Crippen LogP contribution in [0, 0.1) is 17.8 Å². The number of methoxy groups -OCH3 is 6. The minimum absolute atomic E-state index is 0.0809. The predicted octanol–water partition coefficient (Wildman–Crippen LogP) is 19.7. The lowest BCUT2D eigenvalue weighted by molar-refractivity contribution is 0.0703. The van der Waals surface area contributed by atoms with Crippen molar-refractivity contribution in [3.63, 3.8) is 0 Å². The fraction of sp³-hybridized carbons (Fsp3) is 0.329. The van der Waals surface area contributed by atoms with Gasteiger partial charge in [-0.2, -0.15) is 0 Å². The quantitative estimate of drug-likeness (QED) is 0.0192. The number of phenolic OH excluding ortho intramolecular Hbond substituents is 3. The second kappa shape index (κ2) is 51.7. The average molecular weight is 1920 g/mol. The van der Waals surface area contributed by atoms with Crippen LogP contribution in [0.15, 0.2) is 165 Å². The summed E-state index contributed by atoms with van der Waals surface area (Å²) in [6.45, 7) is 13.1. The van der Waals surface area contributed by atoms with E-state index in [-0.39, 0.29) is 52.7 Å². The number of hydrogen-bond donors (Lipinski definition) is 4. The SMILES string of the molecule is C=CC.C=Cc1c(OC)cccc1OC(=O)N1CCC[C@@H](COc2cccc(O)c2C=O)C1.COC(=O)OC(Cl)(Cl)Cl.COc1cccc(O)c1Br.COc1cccc(OC(=O)Cl)c1Br.COc1cccc(OC(=O)N2CCC[C@@H](CO)C2)c1Br.COc1cccc(OC(=O)N2CCC[C@@H](COc3cccc(O)c3C=O)C2)c1Br. The molecular weight excluding hydrogens is 1840 g/mol. The van der Waals surface area contributed by atoms with Gasteiger partial charge < -0.3 is 96.7 Å². The standard InChI is InChI=1S/C23H25NO6.C21H22BrNO6.C14H18BrNO4.C8H6BrClO3.C7H7BrO2.C3H3Cl3O3.C3H6/c1-3-17-20(28-2)9-5-11-22(17)30-23(27)24-12-6-7-16(13-24)15-29-21-10-4-8-19(26)18(21)14-25;1-27-18-8-3-9-19(20(18)22)29-21(26)23-10-4-5-14(11-23)13-28-17-7-2-6-16(25)15(17)12-24;1-19-11-5-2-6-12(13(11)15)20-14(18)16-7-3-4-10(8-16)9-17;1-12-5-3-2-4-6(7(5)9)13-8(10)11;1-10-6-4-2-3-5(9)7(6)8;1-8-2(7)9-3(4,5)6;1-3-2/h3-5,8-11,14,16,26H,1,6-7,12-13,15H2,2H3;2-3,6-9,12,14,25H,4-5,10-11,13H2,1H3;2,5-6,10,17H,3-4,7-9H2,1H3;2-4H,1H3;2-4,9H,1H3;1H3;3H,1H2,2H3/t16-;14-;10-;;;;/m111..../s1. The number of aliphatic hydroxyl groups excluding tert-OH is 1. The van der Waals surface area contributed by atoms with E-state index in [0.717, 1.165) is 45.6 Å². The van der Waals surface area contributed by atoms with Crippen molar-refractivity contribution in [2.45, 2.75) is 49.4 Å². The Hall–Kier alpha value is -9.05. The number of aldehydes is 2. The molecule has 0 unspecified atom stereocenters. The van der Waals surface area contributed by atoms with Gasteiger partial charge in [0.05, 0.1) is 72.6 Å². The highest BCUT2D eigenvalue weighted by molar-refractivity contribution is 9.11. The number of allylic oxidation sites excluding steroid dienone is 1. The zero-order valence-corrected chi connectivity index (χ0v) is 72.4. The number of rotatable bonds is 19. The number of hydrogen-bond acceptors (Lipinski definition) is 24. The van der Waals surface area contributed by atoms with Crippen molar-refractivity contribution in [3.05, 3.63) is 181 Å². The van der Waals surface area contributed by atoms with Crippen LogP contribution in [0.5, 0.6) is 80.5 Å². The largest absolute Gasteiger partial charge is 0.511 e. The molecule has 3 amide bonds. The van der Waals surface area contributed by atoms with Crippen molar-refractivity contribution < 1.29 is 116 Å². The number of benzene rings is 7. The Kier molecular flexibility index (Phi) is 44.2. The summed E-state index contributed by atoms with van der Waals surface area (Å²) >= 11 is 33.2. The van der Waals surface area contributed by atoms with Crippen molar-refractivity contribution in [2.24, 2.45) is 17.8 Å². The molecule has 3 saturated heterocycles. The number of nitrogens with zero attached hydrogens (tertiary/aromatic N) is 3. The van der Waals surface area contributed by atoms with E-state index in [4.69, 9.17) is 98.9 Å². The predicted molar refractivity (Wildman–Crippen MR) is 445 cm³/mol. The Bertz CT molecular complexity index is 4300. The number of amides is 3. The molecule has 27 nitrogen and oxygen atoms in total. The van der Waals surface area contributed by atoms with Crippen LogP contribution in [0.25, 0.3) is 6.08 Å². The molecule has 0 aromatic heterocycles. The summed E-state index contributed by atoms with van der Waals surface area (Å²) < 4.78 is 66.7. The second-order valence-electron chi connectivity index (χ2n) is 23.8. The maximum absolute atomic E-state index is 12.7. The summed E-state index contributed by atoms with van der Waals surface area (Å²) in [7, 11) is 8.84. The van der Waals surface area contributed by atoms with E-state index in [2.05, 4.69) is 91.1 Å². The molecule has 3 aliphatic heterocycles. The third-order valence-electron chi connectivity index (χ3n) is 16.1. The monoisotopic (exact) mass is 1920 g/mol. The van der Waals surface area contributed by atoms with Crippen LogP contribution in [0.2, 0.25) is 0 Å². The fourth-order valence-corrected chi connectivity index (χ4v) is 12.8. The zero-order valence-electron chi connectivity index (χ0n) is 63.0. The number of aliphatic hydroxyl groups is 1. The van der Waals surface area contributed by atoms with Gasteiger partial charge in [-0.25, -0.2) is 24.0 Å². The van der Waals surface area contributed by atoms with Crippen LogP contribution in [0.3, 0.4) is 0 Å². The van der Waals surface area contributed by atoms with Crippen LogP contribution >= 0.6 is 110 Å². The summed E-state index contributed by atoms with van der Waals surface area (Å²) in [5.41, 5.74) is -0.00789. The first kappa shape index (κ1) is 97.3. The number of carbonyl (C=O) groups excluding carboxylic acids is 7. The summed E-state index contributed by atoms with van der Waals surface area (Å²) in [5, 5.41) is 37.8. The van der Waals surface area contributed by atoms with Crippen LogP contribution < -0.4 is 52.1 Å². The summed E-state index contributed by atoms with van der Waals surface area (Å²) in [4.78, 5) is 85.3. The molecule has 3 aliphatic rings. The molecule has 0 saturated carbocycles. The lowest BCUT2D eigenvalue weighted by atomic mass is 9.99. The number of piperidine rings is 3. The molecule has 0 radical (unpaired) electrons. The number of alkyl halides is 3. The van der Waals surface area contributed by atoms with Gasteiger partial charge in [0.15, 0.2) is 24.1 Å². The molecule has 0 spiro atoms. The number of ether oxygens (including phenoxy) is 13. The minimum Gasteiger partial charge on any atom is -0.507 e. The first-order valence-corrected chi connectivity index (χ1v) is 39.1.